The van der Waals surface area contributed by atoms with Crippen molar-refractivity contribution in [1.29, 1.82) is 0 Å². The molecule has 1 spiro atoms. The van der Waals surface area contributed by atoms with Gasteiger partial charge < -0.3 is 18.9 Å². The second kappa shape index (κ2) is 9.26. The van der Waals surface area contributed by atoms with Gasteiger partial charge in [-0.2, -0.15) is 0 Å². The first-order chi connectivity index (χ1) is 13.7. The van der Waals surface area contributed by atoms with E-state index in [1.807, 2.05) is 26.8 Å². The van der Waals surface area contributed by atoms with E-state index >= 15 is 0 Å². The molecule has 1 aliphatic carbocycles. The predicted octanol–water partition coefficient (Wildman–Crippen LogP) is 4.41. The first-order valence-electron chi connectivity index (χ1n) is 10.5. The van der Waals surface area contributed by atoms with Crippen LogP contribution in [-0.2, 0) is 23.7 Å². The maximum atomic E-state index is 12.3. The van der Waals surface area contributed by atoms with E-state index in [9.17, 15) is 9.59 Å². The first kappa shape index (κ1) is 21.8. The van der Waals surface area contributed by atoms with E-state index in [1.165, 1.54) is 0 Å². The van der Waals surface area contributed by atoms with Crippen LogP contribution in [0, 0.1) is 0 Å². The van der Waals surface area contributed by atoms with E-state index in [2.05, 4.69) is 0 Å². The van der Waals surface area contributed by atoms with E-state index in [-0.39, 0.29) is 37.2 Å². The number of hydrogen-bond acceptors (Lipinski definition) is 6. The molecular weight excluding hydrogens is 372 g/mol. The molecule has 160 valence electrons. The smallest absolute Gasteiger partial charge is 0.338 e. The summed E-state index contributed by atoms with van der Waals surface area (Å²) in [5.41, 5.74) is -0.0210. The van der Waals surface area contributed by atoms with Crippen molar-refractivity contribution in [3.8, 4) is 0 Å². The van der Waals surface area contributed by atoms with Crippen molar-refractivity contribution >= 4 is 11.9 Å². The Balaban J connectivity index is 1.62. The van der Waals surface area contributed by atoms with Crippen LogP contribution in [-0.4, -0.2) is 42.1 Å². The summed E-state index contributed by atoms with van der Waals surface area (Å²) in [6.45, 7) is 5.70. The summed E-state index contributed by atoms with van der Waals surface area (Å²) in [5.74, 6) is -1.34. The number of rotatable bonds is 5. The monoisotopic (exact) mass is 404 g/mol. The van der Waals surface area contributed by atoms with Crippen LogP contribution in [0.3, 0.4) is 0 Å². The zero-order chi connectivity index (χ0) is 20.9. The van der Waals surface area contributed by atoms with E-state index in [4.69, 9.17) is 18.9 Å². The lowest BCUT2D eigenvalue weighted by molar-refractivity contribution is -0.332. The third-order valence-corrected chi connectivity index (χ3v) is 5.13. The Hall–Kier alpha value is -1.92. The van der Waals surface area contributed by atoms with Gasteiger partial charge in [0.1, 0.15) is 12.2 Å². The Morgan fingerprint density at radius 3 is 2.34 bits per heavy atom. The Morgan fingerprint density at radius 2 is 1.69 bits per heavy atom. The zero-order valence-electron chi connectivity index (χ0n) is 17.6. The van der Waals surface area contributed by atoms with Crippen molar-refractivity contribution in [3.63, 3.8) is 0 Å². The molecule has 2 atom stereocenters. The number of hydrogen-bond donors (Lipinski definition) is 0. The summed E-state index contributed by atoms with van der Waals surface area (Å²) in [5, 5.41) is 0. The molecule has 1 saturated carbocycles. The Labute approximate surface area is 172 Å². The number of benzene rings is 1. The maximum absolute atomic E-state index is 12.3. The summed E-state index contributed by atoms with van der Waals surface area (Å²) >= 11 is 0. The van der Waals surface area contributed by atoms with Crippen molar-refractivity contribution in [2.75, 3.05) is 6.61 Å². The summed E-state index contributed by atoms with van der Waals surface area (Å²) < 4.78 is 23.5. The van der Waals surface area contributed by atoms with Crippen LogP contribution in [0.25, 0.3) is 0 Å². The maximum Gasteiger partial charge on any atom is 0.338 e. The minimum atomic E-state index is -0.687. The fourth-order valence-electron chi connectivity index (χ4n) is 3.97. The standard InChI is InChI=1S/C23H32O6/c1-22(2,3)29-20(24)15-18-14-19(28-23(27-18)12-8-5-9-13-23)16-26-21(25)17-10-6-4-7-11-17/h4,6-7,10-11,18-19H,5,8-9,12-16H2,1-3H3. The van der Waals surface area contributed by atoms with Crippen molar-refractivity contribution < 1.29 is 28.5 Å². The molecule has 0 bridgehead atoms. The minimum absolute atomic E-state index is 0.143. The van der Waals surface area contributed by atoms with Crippen LogP contribution in [0.15, 0.2) is 30.3 Å². The average molecular weight is 405 g/mol. The number of carbonyl (C=O) groups excluding carboxylic acids is 2. The van der Waals surface area contributed by atoms with Gasteiger partial charge in [0.15, 0.2) is 5.79 Å². The topological polar surface area (TPSA) is 71.1 Å². The highest BCUT2D eigenvalue weighted by molar-refractivity contribution is 5.89. The van der Waals surface area contributed by atoms with Crippen molar-refractivity contribution in [2.24, 2.45) is 0 Å². The molecule has 0 aromatic heterocycles. The van der Waals surface area contributed by atoms with Crippen LogP contribution in [0.4, 0.5) is 0 Å². The summed E-state index contributed by atoms with van der Waals surface area (Å²) in [7, 11) is 0. The molecule has 6 nitrogen and oxygen atoms in total. The second-order valence-electron chi connectivity index (χ2n) is 8.94. The molecule has 1 aliphatic heterocycles. The van der Waals surface area contributed by atoms with Crippen LogP contribution in [0.2, 0.25) is 0 Å². The van der Waals surface area contributed by atoms with Gasteiger partial charge in [-0.15, -0.1) is 0 Å². The van der Waals surface area contributed by atoms with Crippen LogP contribution >= 0.6 is 0 Å². The molecule has 0 amide bonds. The fraction of sp³-hybridized carbons (Fsp3) is 0.652. The highest BCUT2D eigenvalue weighted by Gasteiger charge is 2.44. The average Bonchev–Trinajstić information content (AvgIpc) is 2.65. The zero-order valence-corrected chi connectivity index (χ0v) is 17.6. The van der Waals surface area contributed by atoms with Gasteiger partial charge in [0, 0.05) is 19.3 Å². The predicted molar refractivity (Wildman–Crippen MR) is 107 cm³/mol. The largest absolute Gasteiger partial charge is 0.460 e. The number of ether oxygens (including phenoxy) is 4. The molecule has 2 unspecified atom stereocenters. The molecule has 2 fully saturated rings. The molecule has 1 heterocycles. The lowest BCUT2D eigenvalue weighted by Gasteiger charge is -2.46. The van der Waals surface area contributed by atoms with Gasteiger partial charge >= 0.3 is 11.9 Å². The lowest BCUT2D eigenvalue weighted by Crippen LogP contribution is -2.51. The summed E-state index contributed by atoms with van der Waals surface area (Å²) in [6, 6.07) is 8.90. The Kier molecular flexibility index (Phi) is 6.96. The highest BCUT2D eigenvalue weighted by atomic mass is 16.7. The summed E-state index contributed by atoms with van der Waals surface area (Å²) in [6.07, 6.45) is 4.83. The minimum Gasteiger partial charge on any atom is -0.460 e. The van der Waals surface area contributed by atoms with E-state index in [1.54, 1.807) is 24.3 Å². The molecule has 1 aromatic carbocycles. The van der Waals surface area contributed by atoms with Gasteiger partial charge in [-0.1, -0.05) is 24.6 Å². The van der Waals surface area contributed by atoms with Crippen molar-refractivity contribution in [3.05, 3.63) is 35.9 Å². The third-order valence-electron chi connectivity index (χ3n) is 5.13. The molecule has 29 heavy (non-hydrogen) atoms. The SMILES string of the molecule is CC(C)(C)OC(=O)CC1CC(COC(=O)c2ccccc2)OC2(CCCCC2)O1. The van der Waals surface area contributed by atoms with Gasteiger partial charge in [0.2, 0.25) is 0 Å². The third kappa shape index (κ3) is 6.54. The van der Waals surface area contributed by atoms with Crippen molar-refractivity contribution in [1.82, 2.24) is 0 Å². The molecule has 6 heteroatoms. The van der Waals surface area contributed by atoms with Crippen LogP contribution in [0.1, 0.15) is 76.1 Å². The molecular formula is C23H32O6. The molecule has 1 saturated heterocycles. The molecule has 2 aliphatic rings. The second-order valence-corrected chi connectivity index (χ2v) is 8.94. The summed E-state index contributed by atoms with van der Waals surface area (Å²) in [4.78, 5) is 24.6. The lowest BCUT2D eigenvalue weighted by atomic mass is 9.91. The Morgan fingerprint density at radius 1 is 1.03 bits per heavy atom. The Bertz CT molecular complexity index is 687. The van der Waals surface area contributed by atoms with E-state index in [0.717, 1.165) is 32.1 Å². The number of esters is 2. The number of carbonyl (C=O) groups is 2. The molecule has 1 aromatic rings. The van der Waals surface area contributed by atoms with Crippen molar-refractivity contribution in [2.45, 2.75) is 89.3 Å². The molecule has 3 rings (SSSR count). The van der Waals surface area contributed by atoms with Gasteiger partial charge in [-0.25, -0.2) is 4.79 Å². The van der Waals surface area contributed by atoms with Gasteiger partial charge in [0.25, 0.3) is 0 Å². The normalized spacial score (nSPS) is 24.1. The van der Waals surface area contributed by atoms with Crippen LogP contribution < -0.4 is 0 Å². The fourth-order valence-corrected chi connectivity index (χ4v) is 3.97. The highest BCUT2D eigenvalue weighted by Crippen LogP contribution is 2.40. The quantitative estimate of drug-likeness (QED) is 0.677. The molecule has 0 N–H and O–H groups in total. The first-order valence-corrected chi connectivity index (χ1v) is 10.5. The van der Waals surface area contributed by atoms with Gasteiger partial charge in [-0.3, -0.25) is 4.79 Å². The molecule has 0 radical (unpaired) electrons. The van der Waals surface area contributed by atoms with E-state index in [0.29, 0.717) is 12.0 Å². The van der Waals surface area contributed by atoms with Gasteiger partial charge in [0.05, 0.1) is 24.2 Å². The van der Waals surface area contributed by atoms with E-state index < -0.39 is 11.4 Å². The van der Waals surface area contributed by atoms with Crippen LogP contribution in [0.5, 0.6) is 0 Å². The van der Waals surface area contributed by atoms with Gasteiger partial charge in [-0.05, 0) is 45.7 Å².